The molecule has 11 heavy (non-hydrogen) atoms. The molecular weight excluding hydrogens is 142 g/mol. The van der Waals surface area contributed by atoms with Crippen LogP contribution in [0.2, 0.25) is 0 Å². The molecule has 0 aromatic rings. The summed E-state index contributed by atoms with van der Waals surface area (Å²) < 4.78 is 0. The average molecular weight is 157 g/mol. The highest BCUT2D eigenvalue weighted by Gasteiger charge is 2.28. The molecule has 1 saturated carbocycles. The van der Waals surface area contributed by atoms with E-state index in [1.165, 1.54) is 0 Å². The molecule has 1 amide bonds. The van der Waals surface area contributed by atoms with Crippen molar-refractivity contribution in [3.05, 3.63) is 0 Å². The van der Waals surface area contributed by atoms with Crippen LogP contribution < -0.4 is 5.32 Å². The number of nitrogens with one attached hydrogen (secondary N) is 1. The third-order valence-corrected chi connectivity index (χ3v) is 2.31. The van der Waals surface area contributed by atoms with Crippen LogP contribution in [0.1, 0.15) is 25.7 Å². The highest BCUT2D eigenvalue weighted by atomic mass is 16.3. The number of aliphatic hydroxyl groups is 1. The van der Waals surface area contributed by atoms with E-state index in [-0.39, 0.29) is 11.8 Å². The predicted octanol–water partition coefficient (Wildman–Crippen LogP) is 0.283. The summed E-state index contributed by atoms with van der Waals surface area (Å²) in [6, 6.07) is 0. The van der Waals surface area contributed by atoms with Crippen LogP contribution in [0.3, 0.4) is 0 Å². The maximum Gasteiger partial charge on any atom is 0.225 e. The quantitative estimate of drug-likeness (QED) is 0.574. The Labute approximate surface area is 66.8 Å². The lowest BCUT2D eigenvalue weighted by atomic mass is 9.86. The van der Waals surface area contributed by atoms with E-state index in [4.69, 9.17) is 0 Å². The summed E-state index contributed by atoms with van der Waals surface area (Å²) in [4.78, 5) is 11.1. The van der Waals surface area contributed by atoms with Crippen LogP contribution in [0, 0.1) is 5.92 Å². The first-order chi connectivity index (χ1) is 5.25. The molecule has 0 aliphatic heterocycles. The van der Waals surface area contributed by atoms with Crippen LogP contribution >= 0.6 is 0 Å². The van der Waals surface area contributed by atoms with Crippen molar-refractivity contribution in [2.24, 2.45) is 5.92 Å². The van der Waals surface area contributed by atoms with Crippen molar-refractivity contribution in [2.75, 3.05) is 7.05 Å². The van der Waals surface area contributed by atoms with Gasteiger partial charge in [0, 0.05) is 7.05 Å². The standard InChI is InChI=1S/C8H15NO2/c1-9-8(11)6-4-2-3-5-7(6)10/h6-7,10H,2-5H2,1H3,(H,9,11)/t6-,7+/m1/s1. The van der Waals surface area contributed by atoms with E-state index >= 15 is 0 Å². The van der Waals surface area contributed by atoms with Crippen molar-refractivity contribution >= 4 is 5.91 Å². The molecule has 0 radical (unpaired) electrons. The van der Waals surface area contributed by atoms with Gasteiger partial charge in [-0.25, -0.2) is 0 Å². The lowest BCUT2D eigenvalue weighted by molar-refractivity contribution is -0.129. The Morgan fingerprint density at radius 2 is 2.09 bits per heavy atom. The molecule has 1 aliphatic rings. The minimum absolute atomic E-state index is 0.0165. The van der Waals surface area contributed by atoms with Gasteiger partial charge < -0.3 is 10.4 Å². The Bertz CT molecular complexity index is 147. The van der Waals surface area contributed by atoms with Crippen LogP contribution in [-0.4, -0.2) is 24.2 Å². The van der Waals surface area contributed by atoms with Crippen molar-refractivity contribution in [1.82, 2.24) is 5.32 Å². The molecule has 0 spiro atoms. The fraction of sp³-hybridized carbons (Fsp3) is 0.875. The number of aliphatic hydroxyl groups excluding tert-OH is 1. The molecule has 1 fully saturated rings. The van der Waals surface area contributed by atoms with Crippen LogP contribution in [-0.2, 0) is 4.79 Å². The monoisotopic (exact) mass is 157 g/mol. The largest absolute Gasteiger partial charge is 0.392 e. The van der Waals surface area contributed by atoms with Gasteiger partial charge in [0.2, 0.25) is 5.91 Å². The molecule has 3 heteroatoms. The van der Waals surface area contributed by atoms with E-state index in [1.54, 1.807) is 7.05 Å². The van der Waals surface area contributed by atoms with E-state index in [9.17, 15) is 9.90 Å². The Hall–Kier alpha value is -0.570. The van der Waals surface area contributed by atoms with Crippen molar-refractivity contribution in [2.45, 2.75) is 31.8 Å². The number of hydrogen-bond acceptors (Lipinski definition) is 2. The third-order valence-electron chi connectivity index (χ3n) is 2.31. The molecule has 64 valence electrons. The second-order valence-corrected chi connectivity index (χ2v) is 3.07. The molecule has 2 atom stereocenters. The van der Waals surface area contributed by atoms with E-state index in [0.717, 1.165) is 25.7 Å². The highest BCUT2D eigenvalue weighted by Crippen LogP contribution is 2.23. The second kappa shape index (κ2) is 3.72. The first kappa shape index (κ1) is 8.53. The van der Waals surface area contributed by atoms with Crippen LogP contribution in [0.25, 0.3) is 0 Å². The topological polar surface area (TPSA) is 49.3 Å². The molecule has 0 aromatic heterocycles. The molecule has 0 aromatic carbocycles. The Morgan fingerprint density at radius 3 is 2.64 bits per heavy atom. The van der Waals surface area contributed by atoms with Crippen LogP contribution in [0.4, 0.5) is 0 Å². The Kier molecular flexibility index (Phi) is 2.88. The Morgan fingerprint density at radius 1 is 1.45 bits per heavy atom. The zero-order valence-electron chi connectivity index (χ0n) is 6.84. The van der Waals surface area contributed by atoms with Gasteiger partial charge >= 0.3 is 0 Å². The summed E-state index contributed by atoms with van der Waals surface area (Å²) in [7, 11) is 1.61. The predicted molar refractivity (Wildman–Crippen MR) is 42.0 cm³/mol. The normalized spacial score (nSPS) is 31.5. The zero-order valence-corrected chi connectivity index (χ0v) is 6.84. The first-order valence-electron chi connectivity index (χ1n) is 4.15. The van der Waals surface area contributed by atoms with E-state index in [0.29, 0.717) is 0 Å². The molecule has 0 heterocycles. The maximum atomic E-state index is 11.1. The minimum Gasteiger partial charge on any atom is -0.392 e. The minimum atomic E-state index is -0.413. The smallest absolute Gasteiger partial charge is 0.225 e. The van der Waals surface area contributed by atoms with Crippen LogP contribution in [0.15, 0.2) is 0 Å². The molecule has 2 N–H and O–H groups in total. The summed E-state index contributed by atoms with van der Waals surface area (Å²) in [6.45, 7) is 0. The van der Waals surface area contributed by atoms with E-state index < -0.39 is 6.10 Å². The fourth-order valence-corrected chi connectivity index (χ4v) is 1.60. The van der Waals surface area contributed by atoms with E-state index in [2.05, 4.69) is 5.32 Å². The summed E-state index contributed by atoms with van der Waals surface area (Å²) in [5, 5.41) is 12.0. The Balaban J connectivity index is 2.47. The average Bonchev–Trinajstić information content (AvgIpc) is 2.04. The van der Waals surface area contributed by atoms with Gasteiger partial charge in [-0.15, -0.1) is 0 Å². The molecule has 1 rings (SSSR count). The molecule has 0 saturated heterocycles. The van der Waals surface area contributed by atoms with Gasteiger partial charge in [-0.1, -0.05) is 12.8 Å². The highest BCUT2D eigenvalue weighted by molar-refractivity contribution is 5.78. The summed E-state index contributed by atoms with van der Waals surface area (Å²) >= 11 is 0. The van der Waals surface area contributed by atoms with E-state index in [1.807, 2.05) is 0 Å². The summed E-state index contributed by atoms with van der Waals surface area (Å²) in [6.07, 6.45) is 3.31. The van der Waals surface area contributed by atoms with Gasteiger partial charge in [-0.05, 0) is 12.8 Å². The van der Waals surface area contributed by atoms with Crippen LogP contribution in [0.5, 0.6) is 0 Å². The second-order valence-electron chi connectivity index (χ2n) is 3.07. The SMILES string of the molecule is CNC(=O)[C@@H]1CCCC[C@@H]1O. The van der Waals surface area contributed by atoms with Crippen molar-refractivity contribution in [3.8, 4) is 0 Å². The number of amides is 1. The molecule has 1 aliphatic carbocycles. The lowest BCUT2D eigenvalue weighted by Gasteiger charge is -2.25. The van der Waals surface area contributed by atoms with Gasteiger partial charge in [0.15, 0.2) is 0 Å². The lowest BCUT2D eigenvalue weighted by Crippen LogP contribution is -2.37. The molecule has 0 bridgehead atoms. The van der Waals surface area contributed by atoms with Gasteiger partial charge in [-0.2, -0.15) is 0 Å². The molecular formula is C8H15NO2. The van der Waals surface area contributed by atoms with Crippen molar-refractivity contribution in [3.63, 3.8) is 0 Å². The fourth-order valence-electron chi connectivity index (χ4n) is 1.60. The molecule has 3 nitrogen and oxygen atoms in total. The first-order valence-corrected chi connectivity index (χ1v) is 4.15. The third kappa shape index (κ3) is 1.93. The van der Waals surface area contributed by atoms with Gasteiger partial charge in [0.1, 0.15) is 0 Å². The number of carbonyl (C=O) groups excluding carboxylic acids is 1. The summed E-state index contributed by atoms with van der Waals surface area (Å²) in [5.74, 6) is -0.175. The zero-order chi connectivity index (χ0) is 8.27. The maximum absolute atomic E-state index is 11.1. The van der Waals surface area contributed by atoms with Gasteiger partial charge in [0.05, 0.1) is 12.0 Å². The van der Waals surface area contributed by atoms with Gasteiger partial charge in [0.25, 0.3) is 0 Å². The van der Waals surface area contributed by atoms with Crippen molar-refractivity contribution in [1.29, 1.82) is 0 Å². The molecule has 0 unspecified atom stereocenters. The number of rotatable bonds is 1. The van der Waals surface area contributed by atoms with Gasteiger partial charge in [-0.3, -0.25) is 4.79 Å². The van der Waals surface area contributed by atoms with Crippen molar-refractivity contribution < 1.29 is 9.90 Å². The number of carbonyl (C=O) groups is 1. The number of hydrogen-bond donors (Lipinski definition) is 2. The summed E-state index contributed by atoms with van der Waals surface area (Å²) in [5.41, 5.74) is 0.